The molecule has 0 atom stereocenters. The predicted molar refractivity (Wildman–Crippen MR) is 55.7 cm³/mol. The first-order valence-electron chi connectivity index (χ1n) is 4.31. The fraction of sp³-hybridized carbons (Fsp3) is 0.100. The highest BCUT2D eigenvalue weighted by Gasteiger charge is 2.17. The molecule has 0 aliphatic carbocycles. The summed E-state index contributed by atoms with van der Waals surface area (Å²) >= 11 is 0. The highest BCUT2D eigenvalue weighted by Crippen LogP contribution is 2.27. The predicted octanol–water partition coefficient (Wildman–Crippen LogP) is 1.86. The summed E-state index contributed by atoms with van der Waals surface area (Å²) in [6.07, 6.45) is 1.44. The Bertz CT molecular complexity index is 441. The second-order valence-corrected chi connectivity index (χ2v) is 2.84. The minimum absolute atomic E-state index is 0.0231. The first kappa shape index (κ1) is 11.7. The Morgan fingerprint density at radius 1 is 1.62 bits per heavy atom. The Labute approximate surface area is 90.9 Å². The highest BCUT2D eigenvalue weighted by molar-refractivity contribution is 5.88. The quantitative estimate of drug-likeness (QED) is 0.467. The van der Waals surface area contributed by atoms with Crippen molar-refractivity contribution in [1.82, 2.24) is 0 Å². The summed E-state index contributed by atoms with van der Waals surface area (Å²) in [6.45, 7) is 3.53. The molecule has 0 heterocycles. The van der Waals surface area contributed by atoms with E-state index in [1.165, 1.54) is 18.2 Å². The van der Waals surface area contributed by atoms with Gasteiger partial charge in [0, 0.05) is 6.07 Å². The van der Waals surface area contributed by atoms with Gasteiger partial charge in [-0.3, -0.25) is 10.1 Å². The molecule has 0 fully saturated rings. The molecule has 0 unspecified atom stereocenters. The summed E-state index contributed by atoms with van der Waals surface area (Å²) < 4.78 is 5.03. The maximum absolute atomic E-state index is 10.7. The minimum Gasteiger partial charge on any atom is -0.483 e. The molecular formula is C10H9NO5. The van der Waals surface area contributed by atoms with E-state index in [0.29, 0.717) is 0 Å². The summed E-state index contributed by atoms with van der Waals surface area (Å²) in [6, 6.07) is 3.46. The van der Waals surface area contributed by atoms with Crippen LogP contribution >= 0.6 is 0 Å². The standard InChI is InChI=1S/C10H9NO5/c1-2-5-16-9-4-3-7(10(12)13)6-8(9)11(14)15/h2-4,6H,1,5H2,(H,12,13). The van der Waals surface area contributed by atoms with Crippen LogP contribution in [0.5, 0.6) is 5.75 Å². The van der Waals surface area contributed by atoms with Gasteiger partial charge in [0.15, 0.2) is 5.75 Å². The third kappa shape index (κ3) is 2.57. The van der Waals surface area contributed by atoms with Gasteiger partial charge in [0.25, 0.3) is 0 Å². The molecular weight excluding hydrogens is 214 g/mol. The van der Waals surface area contributed by atoms with Gasteiger partial charge >= 0.3 is 11.7 Å². The zero-order valence-corrected chi connectivity index (χ0v) is 8.25. The molecule has 0 radical (unpaired) electrons. The topological polar surface area (TPSA) is 89.7 Å². The van der Waals surface area contributed by atoms with Gasteiger partial charge in [-0.25, -0.2) is 4.79 Å². The van der Waals surface area contributed by atoms with E-state index in [1.807, 2.05) is 0 Å². The molecule has 0 aliphatic rings. The van der Waals surface area contributed by atoms with Crippen LogP contribution in [0, 0.1) is 10.1 Å². The normalized spacial score (nSPS) is 9.50. The number of hydrogen-bond donors (Lipinski definition) is 1. The number of ether oxygens (including phenoxy) is 1. The number of nitro groups is 1. The summed E-state index contributed by atoms with van der Waals surface area (Å²) in [5.41, 5.74) is -0.528. The van der Waals surface area contributed by atoms with Crippen molar-refractivity contribution in [1.29, 1.82) is 0 Å². The van der Waals surface area contributed by atoms with Crippen LogP contribution in [0.2, 0.25) is 0 Å². The monoisotopic (exact) mass is 223 g/mol. The molecule has 16 heavy (non-hydrogen) atoms. The lowest BCUT2D eigenvalue weighted by atomic mass is 10.2. The molecule has 0 aromatic heterocycles. The third-order valence-corrected chi connectivity index (χ3v) is 1.76. The summed E-state index contributed by atoms with van der Waals surface area (Å²) in [4.78, 5) is 20.6. The largest absolute Gasteiger partial charge is 0.483 e. The average Bonchev–Trinajstić information content (AvgIpc) is 2.25. The number of aromatic carboxylic acids is 1. The van der Waals surface area contributed by atoms with Gasteiger partial charge in [-0.15, -0.1) is 0 Å². The van der Waals surface area contributed by atoms with Crippen LogP contribution in [-0.4, -0.2) is 22.6 Å². The van der Waals surface area contributed by atoms with Crippen LogP contribution in [-0.2, 0) is 0 Å². The van der Waals surface area contributed by atoms with Crippen molar-refractivity contribution in [2.24, 2.45) is 0 Å². The number of carboxylic acid groups (broad SMARTS) is 1. The molecule has 1 rings (SSSR count). The van der Waals surface area contributed by atoms with E-state index < -0.39 is 10.9 Å². The number of benzene rings is 1. The third-order valence-electron chi connectivity index (χ3n) is 1.76. The molecule has 0 spiro atoms. The molecule has 0 bridgehead atoms. The molecule has 1 N–H and O–H groups in total. The second-order valence-electron chi connectivity index (χ2n) is 2.84. The number of nitro benzene ring substituents is 1. The number of carboxylic acids is 1. The first-order chi connectivity index (χ1) is 7.56. The molecule has 84 valence electrons. The minimum atomic E-state index is -1.22. The number of hydrogen-bond acceptors (Lipinski definition) is 4. The van der Waals surface area contributed by atoms with Gasteiger partial charge in [-0.1, -0.05) is 12.7 Å². The Kier molecular flexibility index (Phi) is 3.60. The van der Waals surface area contributed by atoms with Crippen molar-refractivity contribution < 1.29 is 19.6 Å². The lowest BCUT2D eigenvalue weighted by molar-refractivity contribution is -0.385. The number of carbonyl (C=O) groups is 1. The Balaban J connectivity index is 3.13. The van der Waals surface area contributed by atoms with Gasteiger partial charge in [0.1, 0.15) is 6.61 Å². The summed E-state index contributed by atoms with van der Waals surface area (Å²) in [7, 11) is 0. The smallest absolute Gasteiger partial charge is 0.335 e. The van der Waals surface area contributed by atoms with Crippen LogP contribution < -0.4 is 4.74 Å². The Hall–Kier alpha value is -2.37. The second kappa shape index (κ2) is 4.92. The number of nitrogens with zero attached hydrogens (tertiary/aromatic N) is 1. The van der Waals surface area contributed by atoms with Crippen molar-refractivity contribution in [3.63, 3.8) is 0 Å². The van der Waals surface area contributed by atoms with Gasteiger partial charge < -0.3 is 9.84 Å². The van der Waals surface area contributed by atoms with E-state index in [-0.39, 0.29) is 23.6 Å². The molecule has 0 saturated carbocycles. The average molecular weight is 223 g/mol. The van der Waals surface area contributed by atoms with Crippen molar-refractivity contribution >= 4 is 11.7 Å². The fourth-order valence-electron chi connectivity index (χ4n) is 1.06. The van der Waals surface area contributed by atoms with Gasteiger partial charge in [-0.05, 0) is 12.1 Å². The van der Waals surface area contributed by atoms with Crippen molar-refractivity contribution in [2.75, 3.05) is 6.61 Å². The van der Waals surface area contributed by atoms with Crippen molar-refractivity contribution in [2.45, 2.75) is 0 Å². The maximum atomic E-state index is 10.7. The molecule has 0 amide bonds. The highest BCUT2D eigenvalue weighted by atomic mass is 16.6. The van der Waals surface area contributed by atoms with Crippen LogP contribution in [0.4, 0.5) is 5.69 Å². The Morgan fingerprint density at radius 3 is 2.81 bits per heavy atom. The molecule has 0 saturated heterocycles. The van der Waals surface area contributed by atoms with Crippen molar-refractivity contribution in [3.05, 3.63) is 46.5 Å². The van der Waals surface area contributed by atoms with E-state index in [4.69, 9.17) is 9.84 Å². The van der Waals surface area contributed by atoms with E-state index in [2.05, 4.69) is 6.58 Å². The molecule has 0 aliphatic heterocycles. The Morgan fingerprint density at radius 2 is 2.31 bits per heavy atom. The molecule has 6 nitrogen and oxygen atoms in total. The lowest BCUT2D eigenvalue weighted by Crippen LogP contribution is -2.02. The number of rotatable bonds is 5. The van der Waals surface area contributed by atoms with Gasteiger partial charge in [-0.2, -0.15) is 0 Å². The lowest BCUT2D eigenvalue weighted by Gasteiger charge is -2.04. The first-order valence-corrected chi connectivity index (χ1v) is 4.31. The summed E-state index contributed by atoms with van der Waals surface area (Å²) in [5.74, 6) is -1.20. The van der Waals surface area contributed by atoms with E-state index in [1.54, 1.807) is 0 Å². The van der Waals surface area contributed by atoms with Gasteiger partial charge in [0.05, 0.1) is 10.5 Å². The molecule has 6 heteroatoms. The van der Waals surface area contributed by atoms with E-state index >= 15 is 0 Å². The van der Waals surface area contributed by atoms with E-state index in [9.17, 15) is 14.9 Å². The maximum Gasteiger partial charge on any atom is 0.335 e. The van der Waals surface area contributed by atoms with Crippen molar-refractivity contribution in [3.8, 4) is 5.75 Å². The van der Waals surface area contributed by atoms with Crippen LogP contribution in [0.3, 0.4) is 0 Å². The zero-order chi connectivity index (χ0) is 12.1. The van der Waals surface area contributed by atoms with E-state index in [0.717, 1.165) is 6.07 Å². The van der Waals surface area contributed by atoms with Crippen LogP contribution in [0.1, 0.15) is 10.4 Å². The van der Waals surface area contributed by atoms with Crippen LogP contribution in [0.15, 0.2) is 30.9 Å². The molecule has 1 aromatic carbocycles. The fourth-order valence-corrected chi connectivity index (χ4v) is 1.06. The molecule has 1 aromatic rings. The zero-order valence-electron chi connectivity index (χ0n) is 8.25. The SMILES string of the molecule is C=CCOc1ccc(C(=O)O)cc1[N+](=O)[O-]. The van der Waals surface area contributed by atoms with Crippen LogP contribution in [0.25, 0.3) is 0 Å². The van der Waals surface area contributed by atoms with Gasteiger partial charge in [0.2, 0.25) is 0 Å². The summed E-state index contributed by atoms with van der Waals surface area (Å²) in [5, 5.41) is 19.3.